The maximum Gasteiger partial charge on any atom is 0.150 e. The summed E-state index contributed by atoms with van der Waals surface area (Å²) in [6, 6.07) is 58.6. The maximum atomic E-state index is 11.0. The number of benzene rings is 7. The molecule has 0 aliphatic rings. The number of carbonyl (C=O) groups is 1. The average molecular weight is 649 g/mol. The lowest BCUT2D eigenvalue weighted by molar-refractivity contribution is 0.112. The van der Waals surface area contributed by atoms with Gasteiger partial charge < -0.3 is 5.32 Å². The molecule has 0 bridgehead atoms. The fourth-order valence-corrected chi connectivity index (χ4v) is 5.72. The predicted octanol–water partition coefficient (Wildman–Crippen LogP) is 12.9. The standard InChI is InChI=1S/C31H21Cl2NO.C12H10/c32-25-12-16-28(29(18-25)22-4-2-1-3-5-22)23-8-10-24(11-9-23)30-19-26(33)13-17-31(30)34-27-14-6-21(20-35)7-15-27;1-3-7-11(8-4-1)12-9-5-2-6-10-12/h1-20,34H;1-10H. The molecule has 228 valence electrons. The third-order valence-electron chi connectivity index (χ3n) is 7.76. The third kappa shape index (κ3) is 8.06. The van der Waals surface area contributed by atoms with Gasteiger partial charge in [0, 0.05) is 32.5 Å². The number of hydrogen-bond acceptors (Lipinski definition) is 2. The van der Waals surface area contributed by atoms with Crippen molar-refractivity contribution >= 4 is 40.9 Å². The van der Waals surface area contributed by atoms with Crippen LogP contribution in [-0.4, -0.2) is 6.29 Å². The lowest BCUT2D eigenvalue weighted by Crippen LogP contribution is -1.94. The van der Waals surface area contributed by atoms with E-state index < -0.39 is 0 Å². The fraction of sp³-hybridized carbons (Fsp3) is 0. The molecule has 4 heteroatoms. The van der Waals surface area contributed by atoms with E-state index in [2.05, 4.69) is 96.3 Å². The summed E-state index contributed by atoms with van der Waals surface area (Å²) in [4.78, 5) is 11.0. The van der Waals surface area contributed by atoms with Gasteiger partial charge in [0.25, 0.3) is 0 Å². The zero-order valence-electron chi connectivity index (χ0n) is 25.5. The van der Waals surface area contributed by atoms with Gasteiger partial charge in [-0.2, -0.15) is 0 Å². The van der Waals surface area contributed by atoms with E-state index in [4.69, 9.17) is 23.2 Å². The molecular formula is C43H31Cl2NO. The Morgan fingerprint density at radius 1 is 0.404 bits per heavy atom. The Morgan fingerprint density at radius 3 is 1.38 bits per heavy atom. The number of halogens is 2. The summed E-state index contributed by atoms with van der Waals surface area (Å²) in [7, 11) is 0. The average Bonchev–Trinajstić information content (AvgIpc) is 3.14. The quantitative estimate of drug-likeness (QED) is 0.174. The van der Waals surface area contributed by atoms with Gasteiger partial charge in [0.2, 0.25) is 0 Å². The molecule has 0 aliphatic carbocycles. The Kier molecular flexibility index (Phi) is 10.2. The largest absolute Gasteiger partial charge is 0.355 e. The van der Waals surface area contributed by atoms with Crippen LogP contribution in [0.15, 0.2) is 176 Å². The van der Waals surface area contributed by atoms with E-state index in [0.29, 0.717) is 15.6 Å². The zero-order chi connectivity index (χ0) is 32.4. The van der Waals surface area contributed by atoms with Crippen LogP contribution in [0, 0.1) is 0 Å². The van der Waals surface area contributed by atoms with Crippen molar-refractivity contribution in [1.82, 2.24) is 0 Å². The molecule has 0 aromatic heterocycles. The molecule has 7 aromatic rings. The normalized spacial score (nSPS) is 10.4. The molecule has 0 radical (unpaired) electrons. The molecule has 2 nitrogen and oxygen atoms in total. The monoisotopic (exact) mass is 647 g/mol. The van der Waals surface area contributed by atoms with Gasteiger partial charge >= 0.3 is 0 Å². The molecule has 0 saturated heterocycles. The number of rotatable bonds is 7. The van der Waals surface area contributed by atoms with Crippen LogP contribution in [0.4, 0.5) is 11.4 Å². The van der Waals surface area contributed by atoms with Crippen molar-refractivity contribution in [2.75, 3.05) is 5.32 Å². The van der Waals surface area contributed by atoms with Gasteiger partial charge in [0.15, 0.2) is 0 Å². The first-order chi connectivity index (χ1) is 23.1. The summed E-state index contributed by atoms with van der Waals surface area (Å²) in [5, 5.41) is 4.81. The van der Waals surface area contributed by atoms with Crippen LogP contribution in [0.3, 0.4) is 0 Å². The van der Waals surface area contributed by atoms with Crippen molar-refractivity contribution in [1.29, 1.82) is 0 Å². The van der Waals surface area contributed by atoms with Crippen LogP contribution in [0.5, 0.6) is 0 Å². The first-order valence-electron chi connectivity index (χ1n) is 15.3. The second-order valence-electron chi connectivity index (χ2n) is 10.9. The molecule has 0 heterocycles. The minimum atomic E-state index is 0.638. The third-order valence-corrected chi connectivity index (χ3v) is 8.23. The van der Waals surface area contributed by atoms with Gasteiger partial charge in [-0.1, -0.05) is 145 Å². The van der Waals surface area contributed by atoms with Crippen molar-refractivity contribution < 1.29 is 4.79 Å². The molecular weight excluding hydrogens is 617 g/mol. The van der Waals surface area contributed by atoms with Crippen molar-refractivity contribution in [3.8, 4) is 44.5 Å². The first-order valence-corrected chi connectivity index (χ1v) is 16.0. The summed E-state index contributed by atoms with van der Waals surface area (Å²) in [5.74, 6) is 0. The van der Waals surface area contributed by atoms with Crippen LogP contribution in [0.2, 0.25) is 10.0 Å². The van der Waals surface area contributed by atoms with E-state index in [9.17, 15) is 4.79 Å². The van der Waals surface area contributed by atoms with Crippen molar-refractivity contribution in [2.45, 2.75) is 0 Å². The van der Waals surface area contributed by atoms with Crippen LogP contribution >= 0.6 is 23.2 Å². The predicted molar refractivity (Wildman–Crippen MR) is 200 cm³/mol. The molecule has 0 saturated carbocycles. The van der Waals surface area contributed by atoms with E-state index in [1.165, 1.54) is 11.1 Å². The summed E-state index contributed by atoms with van der Waals surface area (Å²) in [5.41, 5.74) is 11.5. The van der Waals surface area contributed by atoms with Crippen molar-refractivity contribution in [3.05, 3.63) is 192 Å². The van der Waals surface area contributed by atoms with E-state index in [1.807, 2.05) is 72.8 Å². The van der Waals surface area contributed by atoms with Crippen LogP contribution < -0.4 is 5.32 Å². The van der Waals surface area contributed by atoms with Crippen LogP contribution in [0.25, 0.3) is 44.5 Å². The molecule has 1 N–H and O–H groups in total. The SMILES string of the molecule is O=Cc1ccc(Nc2ccc(Cl)cc2-c2ccc(-c3ccc(Cl)cc3-c3ccccc3)cc2)cc1.c1ccc(-c2ccccc2)cc1. The highest BCUT2D eigenvalue weighted by Crippen LogP contribution is 2.37. The Balaban J connectivity index is 0.000000269. The smallest absolute Gasteiger partial charge is 0.150 e. The first kappa shape index (κ1) is 31.6. The Hall–Kier alpha value is -5.41. The van der Waals surface area contributed by atoms with Gasteiger partial charge in [0.1, 0.15) is 6.29 Å². The lowest BCUT2D eigenvalue weighted by atomic mass is 9.93. The van der Waals surface area contributed by atoms with Gasteiger partial charge in [-0.25, -0.2) is 0 Å². The second-order valence-corrected chi connectivity index (χ2v) is 11.8. The number of anilines is 2. The van der Waals surface area contributed by atoms with Crippen LogP contribution in [-0.2, 0) is 0 Å². The van der Waals surface area contributed by atoms with Gasteiger partial charge in [-0.3, -0.25) is 4.79 Å². The summed E-state index contributed by atoms with van der Waals surface area (Å²) < 4.78 is 0. The van der Waals surface area contributed by atoms with Gasteiger partial charge in [-0.15, -0.1) is 0 Å². The van der Waals surface area contributed by atoms with E-state index in [1.54, 1.807) is 12.1 Å². The molecule has 0 atom stereocenters. The van der Waals surface area contributed by atoms with Crippen LogP contribution in [0.1, 0.15) is 10.4 Å². The Bertz CT molecular complexity index is 2020. The van der Waals surface area contributed by atoms with Crippen molar-refractivity contribution in [3.63, 3.8) is 0 Å². The van der Waals surface area contributed by atoms with Crippen molar-refractivity contribution in [2.24, 2.45) is 0 Å². The highest BCUT2D eigenvalue weighted by Gasteiger charge is 2.11. The van der Waals surface area contributed by atoms with E-state index in [-0.39, 0.29) is 0 Å². The minimum absolute atomic E-state index is 0.638. The molecule has 47 heavy (non-hydrogen) atoms. The molecule has 0 aliphatic heterocycles. The molecule has 0 unspecified atom stereocenters. The number of aldehydes is 1. The Labute approximate surface area is 285 Å². The zero-order valence-corrected chi connectivity index (χ0v) is 27.0. The maximum absolute atomic E-state index is 11.0. The second kappa shape index (κ2) is 15.2. The minimum Gasteiger partial charge on any atom is -0.355 e. The molecule has 7 rings (SSSR count). The molecule has 0 amide bonds. The molecule has 0 spiro atoms. The lowest BCUT2D eigenvalue weighted by Gasteiger charge is -2.15. The van der Waals surface area contributed by atoms with E-state index in [0.717, 1.165) is 51.0 Å². The molecule has 0 fully saturated rings. The summed E-state index contributed by atoms with van der Waals surface area (Å²) in [6.45, 7) is 0. The summed E-state index contributed by atoms with van der Waals surface area (Å²) >= 11 is 12.7. The number of nitrogens with one attached hydrogen (secondary N) is 1. The topological polar surface area (TPSA) is 29.1 Å². The summed E-state index contributed by atoms with van der Waals surface area (Å²) in [6.07, 6.45) is 0.836. The Morgan fingerprint density at radius 2 is 0.851 bits per heavy atom. The number of carbonyl (C=O) groups excluding carboxylic acids is 1. The van der Waals surface area contributed by atoms with Gasteiger partial charge in [-0.05, 0) is 93.5 Å². The number of hydrogen-bond donors (Lipinski definition) is 1. The van der Waals surface area contributed by atoms with Gasteiger partial charge in [0.05, 0.1) is 0 Å². The highest BCUT2D eigenvalue weighted by molar-refractivity contribution is 6.31. The molecule has 7 aromatic carbocycles. The highest BCUT2D eigenvalue weighted by atomic mass is 35.5. The van der Waals surface area contributed by atoms with E-state index >= 15 is 0 Å². The fourth-order valence-electron chi connectivity index (χ4n) is 5.38.